The molecule has 1 fully saturated rings. The van der Waals surface area contributed by atoms with E-state index < -0.39 is 0 Å². The predicted molar refractivity (Wildman–Crippen MR) is 69.6 cm³/mol. The van der Waals surface area contributed by atoms with Crippen LogP contribution in [0.25, 0.3) is 0 Å². The van der Waals surface area contributed by atoms with Crippen molar-refractivity contribution < 1.29 is 4.74 Å². The third kappa shape index (κ3) is 2.32. The van der Waals surface area contributed by atoms with Gasteiger partial charge in [-0.15, -0.1) is 0 Å². The van der Waals surface area contributed by atoms with Crippen LogP contribution in [0.3, 0.4) is 0 Å². The summed E-state index contributed by atoms with van der Waals surface area (Å²) in [5, 5.41) is 3.63. The molecule has 1 N–H and O–H groups in total. The summed E-state index contributed by atoms with van der Waals surface area (Å²) in [6.45, 7) is 3.34. The van der Waals surface area contributed by atoms with E-state index >= 15 is 0 Å². The van der Waals surface area contributed by atoms with Gasteiger partial charge in [0.2, 0.25) is 0 Å². The highest BCUT2D eigenvalue weighted by atomic mass is 16.5. The second-order valence-corrected chi connectivity index (χ2v) is 5.38. The maximum absolute atomic E-state index is 5.82. The molecule has 2 atom stereocenters. The molecule has 0 amide bonds. The van der Waals surface area contributed by atoms with Crippen molar-refractivity contribution in [1.29, 1.82) is 0 Å². The van der Waals surface area contributed by atoms with Gasteiger partial charge < -0.3 is 10.1 Å². The first kappa shape index (κ1) is 11.1. The molecule has 17 heavy (non-hydrogen) atoms. The molecule has 0 aliphatic carbocycles. The molecule has 2 aliphatic heterocycles. The van der Waals surface area contributed by atoms with Crippen LogP contribution in [-0.4, -0.2) is 18.7 Å². The molecule has 3 rings (SSSR count). The first-order chi connectivity index (χ1) is 8.33. The van der Waals surface area contributed by atoms with E-state index in [4.69, 9.17) is 4.74 Å². The zero-order valence-electron chi connectivity index (χ0n) is 10.5. The average molecular weight is 231 g/mol. The molecule has 2 heteroatoms. The van der Waals surface area contributed by atoms with Crippen LogP contribution in [0.15, 0.2) is 18.2 Å². The maximum Gasteiger partial charge on any atom is 0.123 e. The van der Waals surface area contributed by atoms with E-state index in [0.29, 0.717) is 12.1 Å². The number of hydrogen-bond donors (Lipinski definition) is 1. The van der Waals surface area contributed by atoms with Gasteiger partial charge in [-0.3, -0.25) is 0 Å². The summed E-state index contributed by atoms with van der Waals surface area (Å²) >= 11 is 0. The number of benzene rings is 1. The van der Waals surface area contributed by atoms with E-state index in [1.807, 2.05) is 0 Å². The van der Waals surface area contributed by atoms with E-state index in [-0.39, 0.29) is 0 Å². The van der Waals surface area contributed by atoms with E-state index in [1.165, 1.54) is 43.4 Å². The Morgan fingerprint density at radius 2 is 2.29 bits per heavy atom. The van der Waals surface area contributed by atoms with Crippen molar-refractivity contribution in [3.8, 4) is 5.75 Å². The minimum Gasteiger partial charge on any atom is -0.490 e. The second kappa shape index (κ2) is 4.69. The Balaban J connectivity index is 1.77. The van der Waals surface area contributed by atoms with Crippen LogP contribution in [0.1, 0.15) is 37.3 Å². The van der Waals surface area contributed by atoms with Gasteiger partial charge in [0.1, 0.15) is 11.9 Å². The van der Waals surface area contributed by atoms with Gasteiger partial charge in [0.05, 0.1) is 0 Å². The zero-order valence-corrected chi connectivity index (χ0v) is 10.5. The Hall–Kier alpha value is -1.02. The largest absolute Gasteiger partial charge is 0.490 e. The predicted octanol–water partition coefficient (Wildman–Crippen LogP) is 2.69. The molecule has 1 saturated heterocycles. The smallest absolute Gasteiger partial charge is 0.123 e. The van der Waals surface area contributed by atoms with E-state index in [0.717, 1.165) is 12.2 Å². The summed E-state index contributed by atoms with van der Waals surface area (Å²) in [5.74, 6) is 1.12. The fourth-order valence-corrected chi connectivity index (χ4v) is 3.05. The molecule has 1 aromatic carbocycles. The minimum atomic E-state index is 0.352. The van der Waals surface area contributed by atoms with Crippen LogP contribution >= 0.6 is 0 Å². The Bertz CT molecular complexity index is 396. The van der Waals surface area contributed by atoms with Crippen molar-refractivity contribution in [3.63, 3.8) is 0 Å². The number of piperidine rings is 1. The molecular formula is C15H21NO. The van der Waals surface area contributed by atoms with Crippen LogP contribution in [0.5, 0.6) is 5.75 Å². The number of hydrogen-bond acceptors (Lipinski definition) is 2. The number of ether oxygens (including phenoxy) is 1. The van der Waals surface area contributed by atoms with Gasteiger partial charge in [-0.2, -0.15) is 0 Å². The molecule has 92 valence electrons. The summed E-state index contributed by atoms with van der Waals surface area (Å²) in [6.07, 6.45) is 6.63. The molecule has 2 aliphatic rings. The van der Waals surface area contributed by atoms with Crippen LogP contribution < -0.4 is 10.1 Å². The van der Waals surface area contributed by atoms with E-state index in [2.05, 4.69) is 30.4 Å². The summed E-state index contributed by atoms with van der Waals surface area (Å²) in [4.78, 5) is 0. The maximum atomic E-state index is 5.82. The highest BCUT2D eigenvalue weighted by Crippen LogP contribution is 2.32. The average Bonchev–Trinajstić information content (AvgIpc) is 2.72. The summed E-state index contributed by atoms with van der Waals surface area (Å²) < 4.78 is 5.82. The summed E-state index contributed by atoms with van der Waals surface area (Å²) in [7, 11) is 0. The monoisotopic (exact) mass is 231 g/mol. The fourth-order valence-electron chi connectivity index (χ4n) is 3.05. The van der Waals surface area contributed by atoms with Crippen LogP contribution in [-0.2, 0) is 12.8 Å². The summed E-state index contributed by atoms with van der Waals surface area (Å²) in [6, 6.07) is 7.19. The molecule has 0 spiro atoms. The molecule has 2 nitrogen and oxygen atoms in total. The van der Waals surface area contributed by atoms with Crippen molar-refractivity contribution in [3.05, 3.63) is 29.3 Å². The van der Waals surface area contributed by atoms with Crippen LogP contribution in [0, 0.1) is 0 Å². The van der Waals surface area contributed by atoms with Crippen molar-refractivity contribution in [2.75, 3.05) is 6.54 Å². The quantitative estimate of drug-likeness (QED) is 0.845. The van der Waals surface area contributed by atoms with Gasteiger partial charge in [0.15, 0.2) is 0 Å². The summed E-state index contributed by atoms with van der Waals surface area (Å²) in [5.41, 5.74) is 2.94. The fraction of sp³-hybridized carbons (Fsp3) is 0.600. The SMILES string of the molecule is CC1Cc2c(CC3CCCCN3)cccc2O1. The third-order valence-corrected chi connectivity index (χ3v) is 3.93. The van der Waals surface area contributed by atoms with Gasteiger partial charge in [-0.1, -0.05) is 18.6 Å². The van der Waals surface area contributed by atoms with Crippen molar-refractivity contribution in [2.45, 2.75) is 51.2 Å². The van der Waals surface area contributed by atoms with E-state index in [9.17, 15) is 0 Å². The Morgan fingerprint density at radius 1 is 1.35 bits per heavy atom. The lowest BCUT2D eigenvalue weighted by molar-refractivity contribution is 0.254. The highest BCUT2D eigenvalue weighted by molar-refractivity contribution is 5.43. The Morgan fingerprint density at radius 3 is 3.12 bits per heavy atom. The van der Waals surface area contributed by atoms with E-state index in [1.54, 1.807) is 0 Å². The zero-order chi connectivity index (χ0) is 11.7. The molecule has 0 aromatic heterocycles. The standard InChI is InChI=1S/C15H21NO/c1-11-9-14-12(5-4-7-15(14)17-11)10-13-6-2-3-8-16-13/h4-5,7,11,13,16H,2-3,6,8-10H2,1H3. The number of nitrogens with one attached hydrogen (secondary N) is 1. The van der Waals surface area contributed by atoms with Gasteiger partial charge in [0.25, 0.3) is 0 Å². The third-order valence-electron chi connectivity index (χ3n) is 3.93. The van der Waals surface area contributed by atoms with Gasteiger partial charge in [0, 0.05) is 18.0 Å². The molecule has 0 radical (unpaired) electrons. The van der Waals surface area contributed by atoms with Crippen molar-refractivity contribution in [2.24, 2.45) is 0 Å². The van der Waals surface area contributed by atoms with Crippen molar-refractivity contribution >= 4 is 0 Å². The van der Waals surface area contributed by atoms with Gasteiger partial charge in [-0.25, -0.2) is 0 Å². The Labute approximate surface area is 103 Å². The topological polar surface area (TPSA) is 21.3 Å². The van der Waals surface area contributed by atoms with Crippen LogP contribution in [0.4, 0.5) is 0 Å². The first-order valence-corrected chi connectivity index (χ1v) is 6.84. The molecule has 0 bridgehead atoms. The van der Waals surface area contributed by atoms with Crippen molar-refractivity contribution in [1.82, 2.24) is 5.32 Å². The van der Waals surface area contributed by atoms with Crippen LogP contribution in [0.2, 0.25) is 0 Å². The lowest BCUT2D eigenvalue weighted by Gasteiger charge is -2.24. The first-order valence-electron chi connectivity index (χ1n) is 6.84. The lowest BCUT2D eigenvalue weighted by Crippen LogP contribution is -2.35. The van der Waals surface area contributed by atoms with Gasteiger partial charge in [-0.05, 0) is 44.4 Å². The highest BCUT2D eigenvalue weighted by Gasteiger charge is 2.23. The second-order valence-electron chi connectivity index (χ2n) is 5.38. The Kier molecular flexibility index (Phi) is 3.06. The number of rotatable bonds is 2. The molecule has 1 aromatic rings. The molecule has 2 heterocycles. The minimum absolute atomic E-state index is 0.352. The van der Waals surface area contributed by atoms with Gasteiger partial charge >= 0.3 is 0 Å². The normalized spacial score (nSPS) is 27.6. The molecule has 0 saturated carbocycles. The lowest BCUT2D eigenvalue weighted by atomic mass is 9.93. The molecule has 2 unspecified atom stereocenters. The molecular weight excluding hydrogens is 210 g/mol. The number of fused-ring (bicyclic) bond motifs is 1.